The Labute approximate surface area is 162 Å². The Hall–Kier alpha value is -1.72. The number of nitrogens with one attached hydrogen (secondary N) is 2. The SMILES string of the molecule is CC1(C)CC(Nc2cn([C@H]3C[C@H](O)[C@@H](CO)O3)c(=O)[nH]c2=O)CC(C)(C)N1O. The van der Waals surface area contributed by atoms with E-state index in [-0.39, 0.29) is 24.8 Å². The molecule has 2 aliphatic rings. The number of aromatic amines is 1. The highest BCUT2D eigenvalue weighted by Gasteiger charge is 2.45. The van der Waals surface area contributed by atoms with Crippen LogP contribution in [0.15, 0.2) is 15.8 Å². The predicted octanol–water partition coefficient (Wildman–Crippen LogP) is 0.00000000000000183. The van der Waals surface area contributed by atoms with E-state index in [4.69, 9.17) is 4.74 Å². The Morgan fingerprint density at radius 3 is 2.39 bits per heavy atom. The van der Waals surface area contributed by atoms with Crippen LogP contribution >= 0.6 is 0 Å². The lowest BCUT2D eigenvalue weighted by molar-refractivity contribution is -0.243. The molecule has 2 saturated heterocycles. The minimum absolute atomic E-state index is 0.0965. The third-order valence-corrected chi connectivity index (χ3v) is 5.66. The van der Waals surface area contributed by atoms with Gasteiger partial charge in [-0.25, -0.2) is 4.79 Å². The number of piperidine rings is 1. The summed E-state index contributed by atoms with van der Waals surface area (Å²) in [5.41, 5.74) is -1.95. The topological polar surface area (TPSA) is 140 Å². The molecule has 10 heteroatoms. The number of hydrogen-bond acceptors (Lipinski definition) is 8. The summed E-state index contributed by atoms with van der Waals surface area (Å²) in [5.74, 6) is 0. The molecule has 3 heterocycles. The van der Waals surface area contributed by atoms with E-state index in [1.165, 1.54) is 15.8 Å². The predicted molar refractivity (Wildman–Crippen MR) is 101 cm³/mol. The molecule has 0 aliphatic carbocycles. The quantitative estimate of drug-likeness (QED) is 0.477. The summed E-state index contributed by atoms with van der Waals surface area (Å²) >= 11 is 0. The van der Waals surface area contributed by atoms with Crippen molar-refractivity contribution < 1.29 is 20.2 Å². The van der Waals surface area contributed by atoms with E-state index in [1.807, 2.05) is 27.7 Å². The van der Waals surface area contributed by atoms with E-state index in [9.17, 15) is 25.0 Å². The van der Waals surface area contributed by atoms with Gasteiger partial charge in [-0.3, -0.25) is 14.3 Å². The third kappa shape index (κ3) is 3.87. The van der Waals surface area contributed by atoms with Gasteiger partial charge in [0, 0.05) is 29.7 Å². The van der Waals surface area contributed by atoms with Crippen LogP contribution in [-0.4, -0.2) is 66.0 Å². The molecule has 158 valence electrons. The van der Waals surface area contributed by atoms with Crippen molar-refractivity contribution in [3.05, 3.63) is 27.0 Å². The average molecular weight is 398 g/mol. The highest BCUT2D eigenvalue weighted by atomic mass is 16.5. The maximum absolute atomic E-state index is 12.3. The van der Waals surface area contributed by atoms with Crippen LogP contribution in [0.25, 0.3) is 0 Å². The zero-order valence-electron chi connectivity index (χ0n) is 16.7. The summed E-state index contributed by atoms with van der Waals surface area (Å²) in [4.78, 5) is 26.8. The summed E-state index contributed by atoms with van der Waals surface area (Å²) in [7, 11) is 0. The van der Waals surface area contributed by atoms with Crippen LogP contribution in [0, 0.1) is 0 Å². The molecule has 2 fully saturated rings. The van der Waals surface area contributed by atoms with Gasteiger partial charge in [0.15, 0.2) is 0 Å². The average Bonchev–Trinajstić information content (AvgIpc) is 2.95. The zero-order valence-corrected chi connectivity index (χ0v) is 16.7. The fraction of sp³-hybridized carbons (Fsp3) is 0.778. The fourth-order valence-electron chi connectivity index (χ4n) is 4.44. The second-order valence-corrected chi connectivity index (χ2v) is 9.01. The van der Waals surface area contributed by atoms with Gasteiger partial charge < -0.3 is 25.5 Å². The van der Waals surface area contributed by atoms with Gasteiger partial charge in [-0.2, -0.15) is 5.06 Å². The lowest BCUT2D eigenvalue weighted by Crippen LogP contribution is -2.61. The summed E-state index contributed by atoms with van der Waals surface area (Å²) in [6.07, 6.45) is 0.289. The molecule has 0 radical (unpaired) electrons. The molecule has 1 aromatic heterocycles. The number of hydrogen-bond donors (Lipinski definition) is 5. The van der Waals surface area contributed by atoms with Crippen LogP contribution in [0.1, 0.15) is 53.2 Å². The monoisotopic (exact) mass is 398 g/mol. The highest BCUT2D eigenvalue weighted by Crippen LogP contribution is 2.37. The molecule has 2 aliphatic heterocycles. The lowest BCUT2D eigenvalue weighted by Gasteiger charge is -2.51. The number of hydroxylamine groups is 2. The zero-order chi connectivity index (χ0) is 20.9. The van der Waals surface area contributed by atoms with Gasteiger partial charge in [-0.05, 0) is 40.5 Å². The van der Waals surface area contributed by atoms with E-state index in [2.05, 4.69) is 10.3 Å². The number of nitrogens with zero attached hydrogens (tertiary/aromatic N) is 2. The second kappa shape index (κ2) is 7.27. The van der Waals surface area contributed by atoms with Gasteiger partial charge in [0.1, 0.15) is 18.0 Å². The van der Waals surface area contributed by atoms with Crippen molar-refractivity contribution in [3.8, 4) is 0 Å². The molecule has 0 aromatic carbocycles. The fourth-order valence-corrected chi connectivity index (χ4v) is 4.44. The van der Waals surface area contributed by atoms with Crippen LogP contribution in [0.3, 0.4) is 0 Å². The van der Waals surface area contributed by atoms with Gasteiger partial charge >= 0.3 is 5.69 Å². The smallest absolute Gasteiger partial charge is 0.330 e. The van der Waals surface area contributed by atoms with Crippen molar-refractivity contribution in [1.82, 2.24) is 14.6 Å². The molecule has 0 spiro atoms. The lowest BCUT2D eigenvalue weighted by atomic mass is 9.79. The van der Waals surface area contributed by atoms with E-state index in [1.54, 1.807) is 0 Å². The molecule has 3 atom stereocenters. The standard InChI is InChI=1S/C18H30N4O6/c1-17(2)6-10(7-18(3,4)22(17)27)19-11-8-21(16(26)20-15(11)25)14-5-12(24)13(9-23)28-14/h8,10,12-14,19,23-24,27H,5-7,9H2,1-4H3,(H,20,25,26)/t12-,13+,14+/m0/s1. The molecule has 10 nitrogen and oxygen atoms in total. The molecular weight excluding hydrogens is 368 g/mol. The van der Waals surface area contributed by atoms with Gasteiger partial charge in [0.25, 0.3) is 5.56 Å². The molecule has 0 saturated carbocycles. The van der Waals surface area contributed by atoms with Gasteiger partial charge in [0.05, 0.1) is 12.7 Å². The van der Waals surface area contributed by atoms with E-state index < -0.39 is 40.8 Å². The largest absolute Gasteiger partial charge is 0.394 e. The van der Waals surface area contributed by atoms with Gasteiger partial charge in [0.2, 0.25) is 0 Å². The molecule has 5 N–H and O–H groups in total. The van der Waals surface area contributed by atoms with Crippen LogP contribution in [-0.2, 0) is 4.74 Å². The number of H-pyrrole nitrogens is 1. The number of ether oxygens (including phenoxy) is 1. The van der Waals surface area contributed by atoms with Crippen molar-refractivity contribution in [1.29, 1.82) is 0 Å². The van der Waals surface area contributed by atoms with Crippen molar-refractivity contribution in [2.45, 2.75) is 82.5 Å². The summed E-state index contributed by atoms with van der Waals surface area (Å²) in [5, 5.41) is 34.1. The molecular formula is C18H30N4O6. The maximum Gasteiger partial charge on any atom is 0.330 e. The molecule has 28 heavy (non-hydrogen) atoms. The van der Waals surface area contributed by atoms with Crippen LogP contribution in [0.2, 0.25) is 0 Å². The number of anilines is 1. The normalized spacial score (nSPS) is 30.5. The Bertz CT molecular complexity index is 814. The first-order chi connectivity index (χ1) is 12.9. The van der Waals surface area contributed by atoms with E-state index in [0.717, 1.165) is 0 Å². The molecule has 3 rings (SSSR count). The number of rotatable bonds is 4. The van der Waals surface area contributed by atoms with Crippen LogP contribution < -0.4 is 16.6 Å². The second-order valence-electron chi connectivity index (χ2n) is 9.01. The van der Waals surface area contributed by atoms with Crippen molar-refractivity contribution in [3.63, 3.8) is 0 Å². The Kier molecular flexibility index (Phi) is 5.45. The first-order valence-electron chi connectivity index (χ1n) is 9.50. The number of aliphatic hydroxyl groups excluding tert-OH is 2. The van der Waals surface area contributed by atoms with E-state index in [0.29, 0.717) is 12.8 Å². The third-order valence-electron chi connectivity index (χ3n) is 5.66. The van der Waals surface area contributed by atoms with Crippen LogP contribution in [0.5, 0.6) is 0 Å². The minimum Gasteiger partial charge on any atom is -0.394 e. The van der Waals surface area contributed by atoms with Crippen molar-refractivity contribution >= 4 is 5.69 Å². The first kappa shape index (κ1) is 21.0. The number of aliphatic hydroxyl groups is 2. The number of aromatic nitrogens is 2. The minimum atomic E-state index is -0.888. The maximum atomic E-state index is 12.3. The van der Waals surface area contributed by atoms with Crippen molar-refractivity contribution in [2.24, 2.45) is 0 Å². The summed E-state index contributed by atoms with van der Waals surface area (Å²) < 4.78 is 6.75. The van der Waals surface area contributed by atoms with E-state index >= 15 is 0 Å². The first-order valence-corrected chi connectivity index (χ1v) is 9.50. The van der Waals surface area contributed by atoms with Gasteiger partial charge in [-0.1, -0.05) is 0 Å². The molecule has 0 unspecified atom stereocenters. The van der Waals surface area contributed by atoms with Crippen molar-refractivity contribution in [2.75, 3.05) is 11.9 Å². The Balaban J connectivity index is 1.86. The molecule has 0 bridgehead atoms. The Morgan fingerprint density at radius 2 is 1.86 bits per heavy atom. The molecule has 1 aromatic rings. The molecule has 0 amide bonds. The Morgan fingerprint density at radius 1 is 1.25 bits per heavy atom. The highest BCUT2D eigenvalue weighted by molar-refractivity contribution is 5.39. The van der Waals surface area contributed by atoms with Crippen LogP contribution in [0.4, 0.5) is 5.69 Å². The van der Waals surface area contributed by atoms with Gasteiger partial charge in [-0.15, -0.1) is 0 Å². The summed E-state index contributed by atoms with van der Waals surface area (Å²) in [6.45, 7) is 7.35. The summed E-state index contributed by atoms with van der Waals surface area (Å²) in [6, 6.07) is -0.0965.